The molecule has 1 aromatic rings. The summed E-state index contributed by atoms with van der Waals surface area (Å²) in [6.07, 6.45) is 13.7. The lowest BCUT2D eigenvalue weighted by Gasteiger charge is -2.32. The molecular formula is C19H24N4O. The molecule has 0 aromatic carbocycles. The van der Waals surface area contributed by atoms with Crippen LogP contribution in [0.15, 0.2) is 52.5 Å². The van der Waals surface area contributed by atoms with Crippen LogP contribution in [0.4, 0.5) is 0 Å². The van der Waals surface area contributed by atoms with Crippen LogP contribution in [0, 0.1) is 0 Å². The first kappa shape index (κ1) is 15.4. The van der Waals surface area contributed by atoms with Crippen LogP contribution in [0.2, 0.25) is 0 Å². The van der Waals surface area contributed by atoms with Crippen molar-refractivity contribution in [2.24, 2.45) is 4.99 Å². The summed E-state index contributed by atoms with van der Waals surface area (Å²) in [7, 11) is 0. The zero-order chi connectivity index (χ0) is 16.5. The molecule has 0 saturated heterocycles. The van der Waals surface area contributed by atoms with Crippen molar-refractivity contribution in [2.45, 2.75) is 50.2 Å². The average molecular weight is 324 g/mol. The van der Waals surface area contributed by atoms with Crippen LogP contribution in [0.3, 0.4) is 0 Å². The normalized spacial score (nSPS) is 29.6. The molecule has 1 aromatic heterocycles. The molecule has 1 fully saturated rings. The van der Waals surface area contributed by atoms with Crippen LogP contribution in [-0.4, -0.2) is 40.4 Å². The van der Waals surface area contributed by atoms with Crippen LogP contribution in [0.25, 0.3) is 0 Å². The number of fused-ring (bicyclic) bond motifs is 1. The Morgan fingerprint density at radius 3 is 3.08 bits per heavy atom. The smallest absolute Gasteiger partial charge is 0.247 e. The Labute approximate surface area is 142 Å². The van der Waals surface area contributed by atoms with E-state index in [9.17, 15) is 4.79 Å². The third-order valence-electron chi connectivity index (χ3n) is 5.45. The van der Waals surface area contributed by atoms with Gasteiger partial charge in [-0.3, -0.25) is 9.79 Å². The molecule has 0 spiro atoms. The number of hydrogen-bond donors (Lipinski definition) is 2. The molecule has 2 N–H and O–H groups in total. The molecule has 4 rings (SSSR count). The molecule has 0 radical (unpaired) electrons. The zero-order valence-corrected chi connectivity index (χ0v) is 14.0. The number of aromatic nitrogens is 1. The molecule has 126 valence electrons. The van der Waals surface area contributed by atoms with E-state index in [2.05, 4.69) is 45.5 Å². The van der Waals surface area contributed by atoms with E-state index in [1.54, 1.807) is 6.07 Å². The van der Waals surface area contributed by atoms with Gasteiger partial charge >= 0.3 is 0 Å². The molecule has 0 bridgehead atoms. The van der Waals surface area contributed by atoms with Gasteiger partial charge in [-0.1, -0.05) is 12.1 Å². The summed E-state index contributed by atoms with van der Waals surface area (Å²) in [5.41, 5.74) is 1.22. The van der Waals surface area contributed by atoms with Gasteiger partial charge in [0.15, 0.2) is 0 Å². The number of allylic oxidation sites excluding steroid dienone is 2. The number of aromatic amines is 1. The molecule has 1 saturated carbocycles. The van der Waals surface area contributed by atoms with E-state index in [1.807, 2.05) is 18.3 Å². The molecule has 3 heterocycles. The van der Waals surface area contributed by atoms with Gasteiger partial charge in [-0.2, -0.15) is 0 Å². The van der Waals surface area contributed by atoms with Crippen molar-refractivity contribution < 1.29 is 0 Å². The molecule has 3 aliphatic rings. The maximum atomic E-state index is 11.2. The van der Waals surface area contributed by atoms with Gasteiger partial charge in [0.2, 0.25) is 5.56 Å². The molecular weight excluding hydrogens is 300 g/mol. The fourth-order valence-corrected chi connectivity index (χ4v) is 4.13. The van der Waals surface area contributed by atoms with E-state index in [-0.39, 0.29) is 5.56 Å². The second-order valence-corrected chi connectivity index (χ2v) is 7.02. The predicted molar refractivity (Wildman–Crippen MR) is 96.2 cm³/mol. The molecule has 5 nitrogen and oxygen atoms in total. The Balaban J connectivity index is 1.35. The fraction of sp³-hybridized carbons (Fsp3) is 0.474. The largest absolute Gasteiger partial charge is 0.329 e. The number of H-pyrrole nitrogens is 1. The summed E-state index contributed by atoms with van der Waals surface area (Å²) in [6.45, 7) is 3.12. The van der Waals surface area contributed by atoms with Crippen molar-refractivity contribution in [1.29, 1.82) is 0 Å². The molecule has 5 heteroatoms. The van der Waals surface area contributed by atoms with Gasteiger partial charge in [0.1, 0.15) is 5.84 Å². The van der Waals surface area contributed by atoms with Crippen LogP contribution in [0.1, 0.15) is 37.7 Å². The minimum absolute atomic E-state index is 0.0271. The van der Waals surface area contributed by atoms with E-state index in [1.165, 1.54) is 18.4 Å². The van der Waals surface area contributed by atoms with E-state index >= 15 is 0 Å². The molecule has 4 atom stereocenters. The number of rotatable bonds is 4. The molecule has 24 heavy (non-hydrogen) atoms. The fourth-order valence-electron chi connectivity index (χ4n) is 4.13. The Bertz CT molecular complexity index is 727. The summed E-state index contributed by atoms with van der Waals surface area (Å²) >= 11 is 0. The number of nitrogens with one attached hydrogen (secondary N) is 2. The Morgan fingerprint density at radius 1 is 1.33 bits per heavy atom. The third kappa shape index (κ3) is 2.96. The van der Waals surface area contributed by atoms with Crippen molar-refractivity contribution in [3.05, 3.63) is 58.7 Å². The summed E-state index contributed by atoms with van der Waals surface area (Å²) < 4.78 is 0. The van der Waals surface area contributed by atoms with Gasteiger partial charge in [0, 0.05) is 30.5 Å². The zero-order valence-electron chi connectivity index (χ0n) is 14.0. The van der Waals surface area contributed by atoms with Crippen molar-refractivity contribution in [3.8, 4) is 0 Å². The molecule has 0 amide bonds. The first-order chi connectivity index (χ1) is 11.7. The number of amidine groups is 1. The third-order valence-corrected chi connectivity index (χ3v) is 5.45. The van der Waals surface area contributed by atoms with Gasteiger partial charge in [-0.15, -0.1) is 0 Å². The highest BCUT2D eigenvalue weighted by Gasteiger charge is 2.33. The van der Waals surface area contributed by atoms with Crippen LogP contribution in [0.5, 0.6) is 0 Å². The summed E-state index contributed by atoms with van der Waals surface area (Å²) in [4.78, 5) is 20.9. The second kappa shape index (κ2) is 6.40. The Hall–Kier alpha value is -2.14. The van der Waals surface area contributed by atoms with E-state index in [4.69, 9.17) is 0 Å². The standard InChI is InChI=1S/C19H24N4O/c1-13(17-12-20-18-4-2-3-9-23(17)18)22-16-7-5-14(10-16)15-6-8-19(24)21-11-15/h2-4,6,8-9,11,13-14,16-17,22H,5,7,10,12H2,1H3,(H,21,24)/t13-,14+,16?,17?/m1/s1. The van der Waals surface area contributed by atoms with E-state index in [0.717, 1.165) is 18.8 Å². The van der Waals surface area contributed by atoms with Crippen LogP contribution >= 0.6 is 0 Å². The molecule has 1 aliphatic carbocycles. The second-order valence-electron chi connectivity index (χ2n) is 7.02. The number of hydrogen-bond acceptors (Lipinski definition) is 4. The summed E-state index contributed by atoms with van der Waals surface area (Å²) in [5, 5.41) is 3.82. The maximum absolute atomic E-state index is 11.2. The Kier molecular flexibility index (Phi) is 4.10. The van der Waals surface area contributed by atoms with Gasteiger partial charge in [-0.05, 0) is 49.8 Å². The number of pyridine rings is 1. The Morgan fingerprint density at radius 2 is 2.25 bits per heavy atom. The van der Waals surface area contributed by atoms with Crippen LogP contribution < -0.4 is 10.9 Å². The van der Waals surface area contributed by atoms with Gasteiger partial charge in [-0.25, -0.2) is 0 Å². The lowest BCUT2D eigenvalue weighted by atomic mass is 9.99. The maximum Gasteiger partial charge on any atom is 0.247 e. The lowest BCUT2D eigenvalue weighted by Crippen LogP contribution is -2.49. The summed E-state index contributed by atoms with van der Waals surface area (Å²) in [5.74, 6) is 1.62. The minimum Gasteiger partial charge on any atom is -0.329 e. The van der Waals surface area contributed by atoms with Crippen molar-refractivity contribution in [3.63, 3.8) is 0 Å². The van der Waals surface area contributed by atoms with E-state index in [0.29, 0.717) is 24.0 Å². The predicted octanol–water partition coefficient (Wildman–Crippen LogP) is 2.16. The lowest BCUT2D eigenvalue weighted by molar-refractivity contribution is 0.313. The van der Waals surface area contributed by atoms with Crippen molar-refractivity contribution >= 4 is 5.84 Å². The minimum atomic E-state index is -0.0271. The molecule has 2 unspecified atom stereocenters. The SMILES string of the molecule is C[C@@H](NC1CC[C@H](c2ccc(=O)[nH]c2)C1)C1CN=C2C=CC=CN21. The topological polar surface area (TPSA) is 60.5 Å². The summed E-state index contributed by atoms with van der Waals surface area (Å²) in [6, 6.07) is 4.92. The highest BCUT2D eigenvalue weighted by Crippen LogP contribution is 2.34. The quantitative estimate of drug-likeness (QED) is 0.892. The van der Waals surface area contributed by atoms with Crippen LogP contribution in [-0.2, 0) is 0 Å². The highest BCUT2D eigenvalue weighted by atomic mass is 16.1. The van der Waals surface area contributed by atoms with Crippen molar-refractivity contribution in [2.75, 3.05) is 6.54 Å². The first-order valence-electron chi connectivity index (χ1n) is 8.83. The van der Waals surface area contributed by atoms with E-state index < -0.39 is 0 Å². The number of aliphatic imine (C=N–C) groups is 1. The molecule has 2 aliphatic heterocycles. The van der Waals surface area contributed by atoms with Crippen molar-refractivity contribution in [1.82, 2.24) is 15.2 Å². The average Bonchev–Trinajstić information content (AvgIpc) is 3.22. The van der Waals surface area contributed by atoms with Gasteiger partial charge in [0.05, 0.1) is 12.6 Å². The van der Waals surface area contributed by atoms with Gasteiger partial charge in [0.25, 0.3) is 0 Å². The number of nitrogens with zero attached hydrogens (tertiary/aromatic N) is 2. The monoisotopic (exact) mass is 324 g/mol. The first-order valence-corrected chi connectivity index (χ1v) is 8.83. The highest BCUT2D eigenvalue weighted by molar-refractivity contribution is 5.96. The van der Waals surface area contributed by atoms with Gasteiger partial charge < -0.3 is 15.2 Å².